The minimum atomic E-state index is -2.80. The van der Waals surface area contributed by atoms with Gasteiger partial charge in [0.15, 0.2) is 0 Å². The molecule has 0 aromatic carbocycles. The van der Waals surface area contributed by atoms with Crippen molar-refractivity contribution in [2.75, 3.05) is 51.2 Å². The summed E-state index contributed by atoms with van der Waals surface area (Å²) < 4.78 is 28.7. The molecule has 38 heavy (non-hydrogen) atoms. The maximum Gasteiger partial charge on any atom is 0.320 e. The lowest BCUT2D eigenvalue weighted by molar-refractivity contribution is 0.0137. The van der Waals surface area contributed by atoms with Gasteiger partial charge < -0.3 is 20.4 Å². The van der Waals surface area contributed by atoms with E-state index in [1.807, 2.05) is 18.2 Å². The molecule has 0 aliphatic carbocycles. The zero-order valence-corrected chi connectivity index (χ0v) is 20.9. The van der Waals surface area contributed by atoms with Crippen LogP contribution >= 0.6 is 0 Å². The lowest BCUT2D eigenvalue weighted by Gasteiger charge is -2.37. The van der Waals surface area contributed by atoms with E-state index in [0.717, 1.165) is 22.5 Å². The molecule has 2 aliphatic heterocycles. The number of nitrogens with zero attached hydrogens (tertiary/aromatic N) is 8. The third-order valence-electron chi connectivity index (χ3n) is 6.89. The number of piperazine rings is 1. The highest BCUT2D eigenvalue weighted by atomic mass is 19.3. The topological polar surface area (TPSA) is 119 Å². The molecule has 0 spiro atoms. The van der Waals surface area contributed by atoms with Crippen LogP contribution in [0.3, 0.4) is 0 Å². The van der Waals surface area contributed by atoms with Crippen LogP contribution in [0.4, 0.5) is 19.4 Å². The Morgan fingerprint density at radius 3 is 2.58 bits per heavy atom. The van der Waals surface area contributed by atoms with Crippen molar-refractivity contribution >= 4 is 29.2 Å². The molecule has 0 atom stereocenters. The number of alkyl halides is 2. The van der Waals surface area contributed by atoms with Crippen molar-refractivity contribution in [2.45, 2.75) is 12.3 Å². The summed E-state index contributed by atoms with van der Waals surface area (Å²) in [6, 6.07) is 7.62. The number of carbonyl (C=O) groups is 1. The monoisotopic (exact) mass is 519 g/mol. The number of nitriles is 1. The zero-order chi connectivity index (χ0) is 26.9. The highest BCUT2D eigenvalue weighted by Gasteiger charge is 2.41. The molecule has 0 bridgehead atoms. The number of amides is 2. The van der Waals surface area contributed by atoms with Crippen LogP contribution in [0.5, 0.6) is 0 Å². The van der Waals surface area contributed by atoms with Crippen molar-refractivity contribution in [3.8, 4) is 17.2 Å². The molecule has 0 unspecified atom stereocenters. The number of aromatic nitrogens is 3. The van der Waals surface area contributed by atoms with Gasteiger partial charge in [-0.25, -0.2) is 23.1 Å². The number of pyridine rings is 2. The van der Waals surface area contributed by atoms with E-state index in [1.165, 1.54) is 17.3 Å². The molecule has 0 radical (unpaired) electrons. The summed E-state index contributed by atoms with van der Waals surface area (Å²) in [5, 5.41) is 14.0. The number of likely N-dealkylation sites (tertiary alicyclic amines) is 1. The van der Waals surface area contributed by atoms with Gasteiger partial charge in [0.05, 0.1) is 23.8 Å². The van der Waals surface area contributed by atoms with E-state index in [4.69, 9.17) is 5.73 Å². The number of nitrogens with two attached hydrogens (primary N) is 1. The van der Waals surface area contributed by atoms with Gasteiger partial charge in [-0.05, 0) is 18.2 Å². The third kappa shape index (κ3) is 4.74. The Morgan fingerprint density at radius 1 is 1.18 bits per heavy atom. The van der Waals surface area contributed by atoms with E-state index >= 15 is 0 Å². The molecule has 10 nitrogen and oxygen atoms in total. The van der Waals surface area contributed by atoms with Crippen LogP contribution in [-0.4, -0.2) is 88.9 Å². The van der Waals surface area contributed by atoms with Crippen molar-refractivity contribution in [3.05, 3.63) is 54.1 Å². The van der Waals surface area contributed by atoms with Gasteiger partial charge >= 0.3 is 6.03 Å². The number of anilines is 1. The fraction of sp³-hybridized carbons (Fsp3) is 0.346. The molecule has 2 aliphatic rings. The van der Waals surface area contributed by atoms with Crippen molar-refractivity contribution in [1.29, 1.82) is 5.26 Å². The fourth-order valence-electron chi connectivity index (χ4n) is 4.89. The van der Waals surface area contributed by atoms with Gasteiger partial charge in [-0.15, -0.1) is 0 Å². The molecule has 3 aromatic heterocycles. The number of aliphatic imine (C=N–C) groups is 1. The Labute approximate surface area is 218 Å². The maximum absolute atomic E-state index is 13.5. The largest absolute Gasteiger partial charge is 0.404 e. The number of halogens is 2. The van der Waals surface area contributed by atoms with Crippen LogP contribution in [0.15, 0.2) is 48.0 Å². The molecule has 0 saturated carbocycles. The molecule has 5 rings (SSSR count). The highest BCUT2D eigenvalue weighted by Crippen LogP contribution is 2.31. The molecular weight excluding hydrogens is 492 g/mol. The summed E-state index contributed by atoms with van der Waals surface area (Å²) in [7, 11) is 1.66. The van der Waals surface area contributed by atoms with Crippen molar-refractivity contribution in [3.63, 3.8) is 0 Å². The van der Waals surface area contributed by atoms with E-state index in [9.17, 15) is 18.8 Å². The Bertz CT molecular complexity index is 1450. The average molecular weight is 520 g/mol. The Morgan fingerprint density at radius 2 is 1.97 bits per heavy atom. The van der Waals surface area contributed by atoms with Gasteiger partial charge in [0.1, 0.15) is 11.9 Å². The summed E-state index contributed by atoms with van der Waals surface area (Å²) in [6.07, 6.45) is 7.90. The van der Waals surface area contributed by atoms with E-state index in [0.29, 0.717) is 42.8 Å². The first-order valence-corrected chi connectivity index (χ1v) is 12.2. The highest BCUT2D eigenvalue weighted by molar-refractivity contribution is 6.10. The Hall–Kier alpha value is -4.53. The van der Waals surface area contributed by atoms with Crippen LogP contribution in [-0.2, 0) is 0 Å². The van der Waals surface area contributed by atoms with Crippen molar-refractivity contribution in [2.24, 2.45) is 10.7 Å². The molecular formula is C26H27F2N9O. The second-order valence-electron chi connectivity index (χ2n) is 9.30. The van der Waals surface area contributed by atoms with Crippen LogP contribution < -0.4 is 10.6 Å². The quantitative estimate of drug-likeness (QED) is 0.530. The predicted octanol–water partition coefficient (Wildman–Crippen LogP) is 2.85. The zero-order valence-electron chi connectivity index (χ0n) is 20.9. The van der Waals surface area contributed by atoms with E-state index in [2.05, 4.69) is 26.0 Å². The van der Waals surface area contributed by atoms with Crippen LogP contribution in [0.1, 0.15) is 17.5 Å². The lowest BCUT2D eigenvalue weighted by atomic mass is 10.0. The number of urea groups is 1. The molecule has 5 heterocycles. The second kappa shape index (κ2) is 10.1. The standard InChI is InChI=1S/C26H27F2N9O/c1-31-13-20(11-29)19-10-22(24-21(12-30)15-33-37(24)16-19)18-2-3-23(32-14-18)34-6-8-35(9-7-34)25(38)36-5-4-26(27,28)17-36/h2-3,10-11,13-16H,4-9,17,29H2,1H3. The van der Waals surface area contributed by atoms with Crippen LogP contribution in [0.25, 0.3) is 22.2 Å². The third-order valence-corrected chi connectivity index (χ3v) is 6.89. The van der Waals surface area contributed by atoms with E-state index < -0.39 is 12.5 Å². The van der Waals surface area contributed by atoms with E-state index in [1.54, 1.807) is 35.1 Å². The van der Waals surface area contributed by atoms with Crippen LogP contribution in [0.2, 0.25) is 0 Å². The fourth-order valence-corrected chi connectivity index (χ4v) is 4.89. The van der Waals surface area contributed by atoms with Gasteiger partial charge in [0.2, 0.25) is 0 Å². The van der Waals surface area contributed by atoms with Gasteiger partial charge in [-0.1, -0.05) is 0 Å². The first-order valence-electron chi connectivity index (χ1n) is 12.2. The van der Waals surface area contributed by atoms with Gasteiger partial charge in [-0.3, -0.25) is 4.99 Å². The Balaban J connectivity index is 1.35. The molecule has 196 valence electrons. The summed E-state index contributed by atoms with van der Waals surface area (Å²) in [4.78, 5) is 26.3. The van der Waals surface area contributed by atoms with Gasteiger partial charge in [0, 0.05) is 93.3 Å². The first-order chi connectivity index (χ1) is 18.3. The molecule has 3 aromatic rings. The molecule has 2 fully saturated rings. The average Bonchev–Trinajstić information content (AvgIpc) is 3.53. The predicted molar refractivity (Wildman–Crippen MR) is 140 cm³/mol. The van der Waals surface area contributed by atoms with Gasteiger partial charge in [-0.2, -0.15) is 10.4 Å². The normalized spacial score (nSPS) is 17.9. The van der Waals surface area contributed by atoms with Crippen LogP contribution in [0, 0.1) is 11.3 Å². The number of allylic oxidation sites excluding steroid dienone is 1. The number of rotatable bonds is 4. The summed E-state index contributed by atoms with van der Waals surface area (Å²) in [6.45, 7) is 1.53. The van der Waals surface area contributed by atoms with Crippen molar-refractivity contribution in [1.82, 2.24) is 24.4 Å². The summed E-state index contributed by atoms with van der Waals surface area (Å²) in [5.41, 5.74) is 9.99. The number of fused-ring (bicyclic) bond motifs is 1. The maximum atomic E-state index is 13.5. The summed E-state index contributed by atoms with van der Waals surface area (Å²) in [5.74, 6) is -2.05. The number of carbonyl (C=O) groups excluding carboxylic acids is 1. The molecule has 12 heteroatoms. The minimum Gasteiger partial charge on any atom is -0.404 e. The molecule has 2 saturated heterocycles. The molecule has 2 amide bonds. The Kier molecular flexibility index (Phi) is 6.67. The molecule has 2 N–H and O–H groups in total. The van der Waals surface area contributed by atoms with Gasteiger partial charge in [0.25, 0.3) is 5.92 Å². The first kappa shape index (κ1) is 25.1. The van der Waals surface area contributed by atoms with E-state index in [-0.39, 0.29) is 19.0 Å². The second-order valence-corrected chi connectivity index (χ2v) is 9.30. The number of hydrogen-bond donors (Lipinski definition) is 1. The smallest absolute Gasteiger partial charge is 0.320 e. The number of hydrogen-bond acceptors (Lipinski definition) is 7. The lowest BCUT2D eigenvalue weighted by Crippen LogP contribution is -2.53. The SMILES string of the molecule is CN=CC(=CN)c1cc(-c2ccc(N3CCN(C(=O)N4CCC(F)(F)C4)CC3)nc2)c2c(C#N)cnn2c1. The van der Waals surface area contributed by atoms with Crippen molar-refractivity contribution < 1.29 is 13.6 Å². The summed E-state index contributed by atoms with van der Waals surface area (Å²) >= 11 is 0. The minimum absolute atomic E-state index is 0.0854.